The Labute approximate surface area is 146 Å². The highest BCUT2D eigenvalue weighted by Gasteiger charge is 2.21. The Bertz CT molecular complexity index is 744. The highest BCUT2D eigenvalue weighted by Crippen LogP contribution is 2.20. The van der Waals surface area contributed by atoms with E-state index in [0.717, 1.165) is 0 Å². The predicted molar refractivity (Wildman–Crippen MR) is 94.1 cm³/mol. The van der Waals surface area contributed by atoms with Gasteiger partial charge < -0.3 is 19.5 Å². The van der Waals surface area contributed by atoms with Crippen molar-refractivity contribution in [2.75, 3.05) is 19.0 Å². The van der Waals surface area contributed by atoms with Crippen LogP contribution >= 0.6 is 0 Å². The van der Waals surface area contributed by atoms with E-state index in [9.17, 15) is 9.59 Å². The number of anilines is 1. The maximum Gasteiger partial charge on any atom is 0.342 e. The average Bonchev–Trinajstić information content (AvgIpc) is 2.62. The first-order valence-corrected chi connectivity index (χ1v) is 7.93. The molecule has 0 saturated carbocycles. The second-order valence-corrected chi connectivity index (χ2v) is 5.20. The van der Waals surface area contributed by atoms with Crippen LogP contribution in [0.15, 0.2) is 48.5 Å². The van der Waals surface area contributed by atoms with Gasteiger partial charge in [0.05, 0.1) is 13.7 Å². The first-order chi connectivity index (χ1) is 12.0. The molecule has 6 heteroatoms. The van der Waals surface area contributed by atoms with E-state index in [1.807, 2.05) is 6.92 Å². The number of rotatable bonds is 7. The number of ether oxygens (including phenoxy) is 3. The van der Waals surface area contributed by atoms with E-state index in [0.29, 0.717) is 23.8 Å². The molecule has 132 valence electrons. The minimum Gasteiger partial charge on any atom is -0.497 e. The predicted octanol–water partition coefficient (Wildman–Crippen LogP) is 3.28. The molecule has 0 bridgehead atoms. The van der Waals surface area contributed by atoms with E-state index >= 15 is 0 Å². The molecule has 2 aromatic carbocycles. The first-order valence-electron chi connectivity index (χ1n) is 7.93. The molecule has 1 N–H and O–H groups in total. The highest BCUT2D eigenvalue weighted by atomic mass is 16.5. The molecule has 0 spiro atoms. The van der Waals surface area contributed by atoms with Gasteiger partial charge in [-0.25, -0.2) is 4.79 Å². The van der Waals surface area contributed by atoms with Crippen LogP contribution in [0.5, 0.6) is 11.5 Å². The van der Waals surface area contributed by atoms with Crippen molar-refractivity contribution in [1.29, 1.82) is 0 Å². The minimum atomic E-state index is -0.964. The molecular weight excluding hydrogens is 322 g/mol. The van der Waals surface area contributed by atoms with E-state index in [-0.39, 0.29) is 5.56 Å². The molecule has 0 aliphatic rings. The summed E-state index contributed by atoms with van der Waals surface area (Å²) < 4.78 is 15.8. The van der Waals surface area contributed by atoms with Crippen molar-refractivity contribution in [3.8, 4) is 11.5 Å². The summed E-state index contributed by atoms with van der Waals surface area (Å²) >= 11 is 0. The standard InChI is InChI=1S/C19H21NO5/c1-4-24-17-11-6-5-10-16(17)19(22)25-13(2)18(21)20-14-8-7-9-15(12-14)23-3/h5-13H,4H2,1-3H3,(H,20,21)/t13-/m0/s1. The van der Waals surface area contributed by atoms with Gasteiger partial charge in [-0.15, -0.1) is 0 Å². The van der Waals surface area contributed by atoms with Crippen molar-refractivity contribution in [2.45, 2.75) is 20.0 Å². The summed E-state index contributed by atoms with van der Waals surface area (Å²) in [6.45, 7) is 3.76. The molecule has 1 atom stereocenters. The lowest BCUT2D eigenvalue weighted by Gasteiger charge is -2.15. The molecule has 2 aromatic rings. The molecule has 0 unspecified atom stereocenters. The van der Waals surface area contributed by atoms with Crippen molar-refractivity contribution in [2.24, 2.45) is 0 Å². The van der Waals surface area contributed by atoms with Gasteiger partial charge >= 0.3 is 5.97 Å². The zero-order valence-electron chi connectivity index (χ0n) is 14.4. The normalized spacial score (nSPS) is 11.3. The Kier molecular flexibility index (Phi) is 6.39. The second-order valence-electron chi connectivity index (χ2n) is 5.20. The van der Waals surface area contributed by atoms with Crippen LogP contribution in [0.2, 0.25) is 0 Å². The zero-order chi connectivity index (χ0) is 18.2. The van der Waals surface area contributed by atoms with Crippen LogP contribution in [0.3, 0.4) is 0 Å². The smallest absolute Gasteiger partial charge is 0.342 e. The number of esters is 1. The van der Waals surface area contributed by atoms with Crippen LogP contribution in [0, 0.1) is 0 Å². The summed E-state index contributed by atoms with van der Waals surface area (Å²) in [5.41, 5.74) is 0.840. The number of methoxy groups -OCH3 is 1. The van der Waals surface area contributed by atoms with Gasteiger partial charge in [-0.1, -0.05) is 18.2 Å². The third-order valence-electron chi connectivity index (χ3n) is 3.40. The molecule has 0 radical (unpaired) electrons. The Morgan fingerprint density at radius 1 is 1.12 bits per heavy atom. The monoisotopic (exact) mass is 343 g/mol. The van der Waals surface area contributed by atoms with Crippen molar-refractivity contribution < 1.29 is 23.8 Å². The quantitative estimate of drug-likeness (QED) is 0.781. The fourth-order valence-electron chi connectivity index (χ4n) is 2.14. The summed E-state index contributed by atoms with van der Waals surface area (Å²) in [5.74, 6) is -0.00340. The lowest BCUT2D eigenvalue weighted by atomic mass is 10.2. The molecule has 6 nitrogen and oxygen atoms in total. The van der Waals surface area contributed by atoms with Crippen LogP contribution in [-0.2, 0) is 9.53 Å². The summed E-state index contributed by atoms with van der Waals surface area (Å²) in [5, 5.41) is 2.69. The van der Waals surface area contributed by atoms with Gasteiger partial charge in [-0.2, -0.15) is 0 Å². The lowest BCUT2D eigenvalue weighted by Crippen LogP contribution is -2.30. The summed E-state index contributed by atoms with van der Waals surface area (Å²) in [6.07, 6.45) is -0.964. The van der Waals surface area contributed by atoms with E-state index < -0.39 is 18.0 Å². The van der Waals surface area contributed by atoms with Crippen molar-refractivity contribution in [1.82, 2.24) is 0 Å². The molecule has 0 aliphatic heterocycles. The third-order valence-corrected chi connectivity index (χ3v) is 3.40. The molecule has 0 heterocycles. The van der Waals surface area contributed by atoms with E-state index in [2.05, 4.69) is 5.32 Å². The second kappa shape index (κ2) is 8.73. The number of nitrogens with one attached hydrogen (secondary N) is 1. The number of hydrogen-bond acceptors (Lipinski definition) is 5. The van der Waals surface area contributed by atoms with Gasteiger partial charge in [-0.05, 0) is 38.1 Å². The van der Waals surface area contributed by atoms with Gasteiger partial charge in [0.2, 0.25) is 0 Å². The van der Waals surface area contributed by atoms with E-state index in [4.69, 9.17) is 14.2 Å². The molecular formula is C19H21NO5. The van der Waals surface area contributed by atoms with Crippen molar-refractivity contribution >= 4 is 17.6 Å². The number of benzene rings is 2. The average molecular weight is 343 g/mol. The number of carbonyl (C=O) groups excluding carboxylic acids is 2. The number of amides is 1. The molecule has 25 heavy (non-hydrogen) atoms. The summed E-state index contributed by atoms with van der Waals surface area (Å²) in [6, 6.07) is 13.7. The van der Waals surface area contributed by atoms with Crippen LogP contribution in [0.1, 0.15) is 24.2 Å². The Morgan fingerprint density at radius 3 is 2.60 bits per heavy atom. The molecule has 0 saturated heterocycles. The lowest BCUT2D eigenvalue weighted by molar-refractivity contribution is -0.123. The maximum absolute atomic E-state index is 12.3. The highest BCUT2D eigenvalue weighted by molar-refractivity contribution is 5.98. The van der Waals surface area contributed by atoms with Crippen LogP contribution in [-0.4, -0.2) is 31.7 Å². The van der Waals surface area contributed by atoms with Gasteiger partial charge in [0.25, 0.3) is 5.91 Å². The van der Waals surface area contributed by atoms with Crippen LogP contribution in [0.4, 0.5) is 5.69 Å². The van der Waals surface area contributed by atoms with E-state index in [1.165, 1.54) is 6.92 Å². The van der Waals surface area contributed by atoms with E-state index in [1.54, 1.807) is 55.6 Å². The topological polar surface area (TPSA) is 73.9 Å². The van der Waals surface area contributed by atoms with Gasteiger partial charge in [0.1, 0.15) is 17.1 Å². The largest absolute Gasteiger partial charge is 0.497 e. The first kappa shape index (κ1) is 18.3. The van der Waals surface area contributed by atoms with Gasteiger partial charge in [-0.3, -0.25) is 4.79 Å². The summed E-state index contributed by atoms with van der Waals surface area (Å²) in [7, 11) is 1.54. The SMILES string of the molecule is CCOc1ccccc1C(=O)O[C@@H](C)C(=O)Nc1cccc(OC)c1. The third kappa shape index (κ3) is 4.97. The van der Waals surface area contributed by atoms with Crippen LogP contribution < -0.4 is 14.8 Å². The fraction of sp³-hybridized carbons (Fsp3) is 0.263. The Balaban J connectivity index is 2.02. The zero-order valence-corrected chi connectivity index (χ0v) is 14.4. The molecule has 2 rings (SSSR count). The number of carbonyl (C=O) groups is 2. The maximum atomic E-state index is 12.3. The molecule has 0 aromatic heterocycles. The molecule has 1 amide bonds. The van der Waals surface area contributed by atoms with Crippen molar-refractivity contribution in [3.63, 3.8) is 0 Å². The molecule has 0 fully saturated rings. The van der Waals surface area contributed by atoms with Crippen LogP contribution in [0.25, 0.3) is 0 Å². The Hall–Kier alpha value is -3.02. The number of para-hydroxylation sites is 1. The summed E-state index contributed by atoms with van der Waals surface area (Å²) in [4.78, 5) is 24.5. The van der Waals surface area contributed by atoms with Crippen molar-refractivity contribution in [3.05, 3.63) is 54.1 Å². The van der Waals surface area contributed by atoms with Gasteiger partial charge in [0.15, 0.2) is 6.10 Å². The molecule has 0 aliphatic carbocycles. The minimum absolute atomic E-state index is 0.283. The fourth-order valence-corrected chi connectivity index (χ4v) is 2.14. The Morgan fingerprint density at radius 2 is 1.88 bits per heavy atom. The van der Waals surface area contributed by atoms with Gasteiger partial charge in [0, 0.05) is 11.8 Å². The number of hydrogen-bond donors (Lipinski definition) is 1.